The van der Waals surface area contributed by atoms with Crippen LogP contribution in [0.1, 0.15) is 36.9 Å². The van der Waals surface area contributed by atoms with Crippen LogP contribution in [0.3, 0.4) is 0 Å². The standard InChI is InChI=1S/C13H18N4O4/c1-20-11(18)6-9-13(19)14-4-5-17(9)7-10-15-12(16-21-10)8-2-3-8/h8-9H,2-7H2,1H3,(H,14,19). The Bertz CT molecular complexity index is 540. The second-order valence-electron chi connectivity index (χ2n) is 5.38. The van der Waals surface area contributed by atoms with Crippen molar-refractivity contribution in [1.82, 2.24) is 20.4 Å². The van der Waals surface area contributed by atoms with Gasteiger partial charge in [0.2, 0.25) is 11.8 Å². The van der Waals surface area contributed by atoms with Crippen molar-refractivity contribution < 1.29 is 18.8 Å². The molecule has 1 saturated heterocycles. The molecule has 0 radical (unpaired) electrons. The maximum absolute atomic E-state index is 11.9. The topological polar surface area (TPSA) is 97.6 Å². The van der Waals surface area contributed by atoms with Gasteiger partial charge >= 0.3 is 5.97 Å². The summed E-state index contributed by atoms with van der Waals surface area (Å²) in [6, 6.07) is -0.553. The summed E-state index contributed by atoms with van der Waals surface area (Å²) in [6.45, 7) is 1.55. The van der Waals surface area contributed by atoms with Crippen molar-refractivity contribution in [2.45, 2.75) is 37.8 Å². The Morgan fingerprint density at radius 2 is 2.33 bits per heavy atom. The van der Waals surface area contributed by atoms with E-state index in [2.05, 4.69) is 20.2 Å². The molecule has 1 N–H and O–H groups in total. The summed E-state index contributed by atoms with van der Waals surface area (Å²) in [7, 11) is 1.31. The van der Waals surface area contributed by atoms with Crippen LogP contribution in [-0.2, 0) is 20.9 Å². The van der Waals surface area contributed by atoms with Crippen molar-refractivity contribution in [1.29, 1.82) is 0 Å². The molecule has 0 bridgehead atoms. The Morgan fingerprint density at radius 3 is 3.05 bits per heavy atom. The first-order valence-corrected chi connectivity index (χ1v) is 7.08. The molecule has 2 fully saturated rings. The molecule has 2 heterocycles. The van der Waals surface area contributed by atoms with Crippen molar-refractivity contribution in [3.8, 4) is 0 Å². The van der Waals surface area contributed by atoms with Gasteiger partial charge in [-0.2, -0.15) is 4.98 Å². The Morgan fingerprint density at radius 1 is 1.52 bits per heavy atom. The van der Waals surface area contributed by atoms with E-state index in [4.69, 9.17) is 4.52 Å². The van der Waals surface area contributed by atoms with E-state index in [9.17, 15) is 9.59 Å². The lowest BCUT2D eigenvalue weighted by molar-refractivity contribution is -0.146. The van der Waals surface area contributed by atoms with Crippen molar-refractivity contribution in [3.05, 3.63) is 11.7 Å². The Labute approximate surface area is 121 Å². The molecular formula is C13H18N4O4. The Kier molecular flexibility index (Phi) is 3.87. The van der Waals surface area contributed by atoms with Gasteiger partial charge in [-0.3, -0.25) is 14.5 Å². The number of esters is 1. The van der Waals surface area contributed by atoms with Gasteiger partial charge in [0, 0.05) is 19.0 Å². The highest BCUT2D eigenvalue weighted by atomic mass is 16.5. The van der Waals surface area contributed by atoms with Crippen LogP contribution >= 0.6 is 0 Å². The van der Waals surface area contributed by atoms with Crippen molar-refractivity contribution in [2.75, 3.05) is 20.2 Å². The molecule has 1 atom stereocenters. The normalized spacial score (nSPS) is 22.9. The molecule has 114 valence electrons. The molecule has 8 nitrogen and oxygen atoms in total. The van der Waals surface area contributed by atoms with Crippen molar-refractivity contribution in [2.24, 2.45) is 0 Å². The maximum atomic E-state index is 11.9. The molecule has 3 rings (SSSR count). The number of hydrogen-bond donors (Lipinski definition) is 1. The van der Waals surface area contributed by atoms with E-state index in [1.54, 1.807) is 0 Å². The summed E-state index contributed by atoms with van der Waals surface area (Å²) in [5.41, 5.74) is 0. The van der Waals surface area contributed by atoms with Crippen molar-refractivity contribution in [3.63, 3.8) is 0 Å². The van der Waals surface area contributed by atoms with Gasteiger partial charge in [-0.05, 0) is 12.8 Å². The quantitative estimate of drug-likeness (QED) is 0.752. The summed E-state index contributed by atoms with van der Waals surface area (Å²) >= 11 is 0. The molecule has 1 aliphatic heterocycles. The first-order valence-electron chi connectivity index (χ1n) is 7.08. The summed E-state index contributed by atoms with van der Waals surface area (Å²) in [5, 5.41) is 6.72. The van der Waals surface area contributed by atoms with Crippen LogP contribution < -0.4 is 5.32 Å². The molecule has 0 spiro atoms. The number of hydrogen-bond acceptors (Lipinski definition) is 7. The molecule has 1 aromatic heterocycles. The maximum Gasteiger partial charge on any atom is 0.307 e. The SMILES string of the molecule is COC(=O)CC1C(=O)NCCN1Cc1nc(C2CC2)no1. The molecule has 21 heavy (non-hydrogen) atoms. The van der Waals surface area contributed by atoms with E-state index in [-0.39, 0.29) is 12.3 Å². The van der Waals surface area contributed by atoms with E-state index in [1.807, 2.05) is 4.90 Å². The number of ether oxygens (including phenoxy) is 1. The minimum atomic E-state index is -0.553. The van der Waals surface area contributed by atoms with Crippen LogP contribution in [0, 0.1) is 0 Å². The fourth-order valence-electron chi connectivity index (χ4n) is 2.43. The van der Waals surface area contributed by atoms with Crippen LogP contribution in [0.5, 0.6) is 0 Å². The number of nitrogens with zero attached hydrogens (tertiary/aromatic N) is 3. The lowest BCUT2D eigenvalue weighted by atomic mass is 10.1. The Balaban J connectivity index is 1.67. The van der Waals surface area contributed by atoms with Gasteiger partial charge in [-0.1, -0.05) is 5.16 Å². The average Bonchev–Trinajstić information content (AvgIpc) is 3.23. The number of rotatable bonds is 5. The van der Waals surface area contributed by atoms with E-state index in [1.165, 1.54) is 7.11 Å². The number of amides is 1. The van der Waals surface area contributed by atoms with Gasteiger partial charge in [0.15, 0.2) is 5.82 Å². The third-order valence-electron chi connectivity index (χ3n) is 3.79. The molecule has 1 aliphatic carbocycles. The minimum absolute atomic E-state index is 0.0198. The zero-order valence-electron chi connectivity index (χ0n) is 11.9. The fraction of sp³-hybridized carbons (Fsp3) is 0.692. The predicted molar refractivity (Wildman–Crippen MR) is 70.1 cm³/mol. The highest BCUT2D eigenvalue weighted by molar-refractivity contribution is 5.87. The van der Waals surface area contributed by atoms with Gasteiger partial charge < -0.3 is 14.6 Å². The molecule has 1 amide bonds. The first kappa shape index (κ1) is 14.0. The number of nitrogens with one attached hydrogen (secondary N) is 1. The number of carbonyl (C=O) groups is 2. The summed E-state index contributed by atoms with van der Waals surface area (Å²) in [6.07, 6.45) is 2.23. The molecule has 0 aromatic carbocycles. The number of methoxy groups -OCH3 is 1. The molecule has 1 saturated carbocycles. The van der Waals surface area contributed by atoms with Gasteiger partial charge in [-0.25, -0.2) is 0 Å². The van der Waals surface area contributed by atoms with Gasteiger partial charge in [-0.15, -0.1) is 0 Å². The monoisotopic (exact) mass is 294 g/mol. The lowest BCUT2D eigenvalue weighted by Crippen LogP contribution is -2.55. The van der Waals surface area contributed by atoms with E-state index in [0.717, 1.165) is 18.7 Å². The highest BCUT2D eigenvalue weighted by Gasteiger charge is 2.34. The van der Waals surface area contributed by atoms with E-state index in [0.29, 0.717) is 31.4 Å². The molecular weight excluding hydrogens is 276 g/mol. The Hall–Kier alpha value is -1.96. The minimum Gasteiger partial charge on any atom is -0.469 e. The zero-order valence-corrected chi connectivity index (χ0v) is 11.9. The fourth-order valence-corrected chi connectivity index (χ4v) is 2.43. The molecule has 1 aromatic rings. The second kappa shape index (κ2) is 5.80. The zero-order chi connectivity index (χ0) is 14.8. The third-order valence-corrected chi connectivity index (χ3v) is 3.79. The summed E-state index contributed by atoms with van der Waals surface area (Å²) in [4.78, 5) is 29.6. The van der Waals surface area contributed by atoms with E-state index < -0.39 is 12.0 Å². The van der Waals surface area contributed by atoms with Crippen LogP contribution in [0.4, 0.5) is 0 Å². The van der Waals surface area contributed by atoms with Crippen LogP contribution in [-0.4, -0.2) is 53.2 Å². The number of aromatic nitrogens is 2. The van der Waals surface area contributed by atoms with Gasteiger partial charge in [0.05, 0.1) is 20.1 Å². The molecule has 8 heteroatoms. The van der Waals surface area contributed by atoms with Crippen LogP contribution in [0.25, 0.3) is 0 Å². The van der Waals surface area contributed by atoms with Crippen LogP contribution in [0.2, 0.25) is 0 Å². The van der Waals surface area contributed by atoms with Crippen molar-refractivity contribution >= 4 is 11.9 Å². The van der Waals surface area contributed by atoms with Crippen LogP contribution in [0.15, 0.2) is 4.52 Å². The first-order chi connectivity index (χ1) is 10.2. The molecule has 2 aliphatic rings. The summed E-state index contributed by atoms with van der Waals surface area (Å²) in [5.74, 6) is 1.08. The second-order valence-corrected chi connectivity index (χ2v) is 5.38. The van der Waals surface area contributed by atoms with E-state index >= 15 is 0 Å². The largest absolute Gasteiger partial charge is 0.469 e. The smallest absolute Gasteiger partial charge is 0.307 e. The summed E-state index contributed by atoms with van der Waals surface area (Å²) < 4.78 is 9.88. The number of piperazine rings is 1. The third kappa shape index (κ3) is 3.21. The number of carbonyl (C=O) groups excluding carboxylic acids is 2. The lowest BCUT2D eigenvalue weighted by Gasteiger charge is -2.33. The predicted octanol–water partition coefficient (Wildman–Crippen LogP) is -0.189. The molecule has 1 unspecified atom stereocenters. The highest BCUT2D eigenvalue weighted by Crippen LogP contribution is 2.38. The average molecular weight is 294 g/mol. The van der Waals surface area contributed by atoms with Gasteiger partial charge in [0.1, 0.15) is 6.04 Å². The van der Waals surface area contributed by atoms with Gasteiger partial charge in [0.25, 0.3) is 0 Å².